The fraction of sp³-hybridized carbons (Fsp3) is 0.0800. The molecule has 2 N–H and O–H groups in total. The number of benzene rings is 3. The quantitative estimate of drug-likeness (QED) is 0.343. The molecule has 0 fully saturated rings. The molecule has 184 valence electrons. The van der Waals surface area contributed by atoms with Gasteiger partial charge < -0.3 is 19.5 Å². The minimum atomic E-state index is -3.98. The lowest BCUT2D eigenvalue weighted by atomic mass is 10.2. The largest absolute Gasteiger partial charge is 0.481 e. The van der Waals surface area contributed by atoms with E-state index in [2.05, 4.69) is 20.0 Å². The van der Waals surface area contributed by atoms with Crippen LogP contribution in [0.4, 0.5) is 11.5 Å². The average molecular weight is 507 g/mol. The van der Waals surface area contributed by atoms with Crippen molar-refractivity contribution in [2.75, 3.05) is 24.3 Å². The summed E-state index contributed by atoms with van der Waals surface area (Å²) in [5.41, 5.74) is 0.798. The van der Waals surface area contributed by atoms with E-state index in [0.717, 1.165) is 0 Å². The number of rotatable bonds is 9. The van der Waals surface area contributed by atoms with Crippen molar-refractivity contribution < 1.29 is 27.4 Å². The number of hydrogen-bond acceptors (Lipinski definition) is 8. The number of carbonyl (C=O) groups is 1. The first-order chi connectivity index (χ1) is 17.4. The molecular formula is C25H22N4O6S. The van der Waals surface area contributed by atoms with Crippen molar-refractivity contribution in [1.29, 1.82) is 0 Å². The monoisotopic (exact) mass is 506 g/mol. The van der Waals surface area contributed by atoms with Crippen molar-refractivity contribution in [3.05, 3.63) is 90.5 Å². The molecule has 4 aromatic rings. The fourth-order valence-electron chi connectivity index (χ4n) is 3.09. The second kappa shape index (κ2) is 10.7. The molecule has 4 rings (SSSR count). The van der Waals surface area contributed by atoms with Gasteiger partial charge in [0.25, 0.3) is 15.9 Å². The molecule has 1 aromatic heterocycles. The molecular weight excluding hydrogens is 484 g/mol. The number of nitrogens with zero attached hydrogens (tertiary/aromatic N) is 2. The van der Waals surface area contributed by atoms with Crippen LogP contribution in [0.2, 0.25) is 0 Å². The first-order valence-electron chi connectivity index (χ1n) is 10.6. The minimum Gasteiger partial charge on any atom is -0.481 e. The third kappa shape index (κ3) is 6.07. The van der Waals surface area contributed by atoms with Crippen molar-refractivity contribution in [2.45, 2.75) is 4.90 Å². The molecule has 10 nitrogen and oxygen atoms in total. The number of hydrogen-bond donors (Lipinski definition) is 2. The number of nitrogens with one attached hydrogen (secondary N) is 2. The van der Waals surface area contributed by atoms with E-state index < -0.39 is 10.0 Å². The number of amides is 1. The summed E-state index contributed by atoms with van der Waals surface area (Å²) in [6, 6.07) is 22.9. The van der Waals surface area contributed by atoms with Gasteiger partial charge in [0.05, 0.1) is 19.1 Å². The van der Waals surface area contributed by atoms with E-state index in [9.17, 15) is 13.2 Å². The average Bonchev–Trinajstić information content (AvgIpc) is 2.89. The molecule has 0 unspecified atom stereocenters. The number of methoxy groups -OCH3 is 2. The van der Waals surface area contributed by atoms with Gasteiger partial charge in [0.2, 0.25) is 5.88 Å². The van der Waals surface area contributed by atoms with E-state index in [1.54, 1.807) is 24.3 Å². The topological polar surface area (TPSA) is 129 Å². The SMILES string of the molecule is COc1cc(NS(=O)(=O)c2ccc(NC(=O)c3cccc(Oc4ccccc4)c3)cc2)nc(OC)n1. The highest BCUT2D eigenvalue weighted by atomic mass is 32.2. The Balaban J connectivity index is 1.44. The Morgan fingerprint density at radius 3 is 2.22 bits per heavy atom. The summed E-state index contributed by atoms with van der Waals surface area (Å²) >= 11 is 0. The molecule has 11 heteroatoms. The lowest BCUT2D eigenvalue weighted by molar-refractivity contribution is 0.102. The van der Waals surface area contributed by atoms with Crippen LogP contribution in [-0.4, -0.2) is 38.5 Å². The second-order valence-corrected chi connectivity index (χ2v) is 8.99. The first-order valence-corrected chi connectivity index (χ1v) is 12.1. The van der Waals surface area contributed by atoms with Gasteiger partial charge >= 0.3 is 6.01 Å². The van der Waals surface area contributed by atoms with Crippen LogP contribution < -0.4 is 24.2 Å². The van der Waals surface area contributed by atoms with E-state index in [1.807, 2.05) is 30.3 Å². The Bertz CT molecular complexity index is 1440. The number of aromatic nitrogens is 2. The van der Waals surface area contributed by atoms with Gasteiger partial charge in [0, 0.05) is 17.3 Å². The number of sulfonamides is 1. The molecule has 3 aromatic carbocycles. The Morgan fingerprint density at radius 2 is 1.53 bits per heavy atom. The zero-order valence-electron chi connectivity index (χ0n) is 19.3. The maximum atomic E-state index is 12.8. The molecule has 0 saturated carbocycles. The molecule has 0 aliphatic heterocycles. The summed E-state index contributed by atoms with van der Waals surface area (Å²) in [6.45, 7) is 0. The van der Waals surface area contributed by atoms with Crippen LogP contribution >= 0.6 is 0 Å². The smallest absolute Gasteiger partial charge is 0.321 e. The predicted molar refractivity (Wildman–Crippen MR) is 133 cm³/mol. The van der Waals surface area contributed by atoms with Crippen LogP contribution in [0.25, 0.3) is 0 Å². The Labute approximate surface area is 207 Å². The standard InChI is InChI=1S/C25H22N4O6S/c1-33-23-16-22(27-25(28-23)34-2)29-36(31,32)21-13-11-18(12-14-21)26-24(30)17-7-6-10-20(15-17)35-19-8-4-3-5-9-19/h3-16H,1-2H3,(H,26,30)(H,27,28,29). The molecule has 0 bridgehead atoms. The molecule has 0 saturated heterocycles. The van der Waals surface area contributed by atoms with Gasteiger partial charge in [-0.2, -0.15) is 9.97 Å². The van der Waals surface area contributed by atoms with Crippen molar-refractivity contribution in [1.82, 2.24) is 9.97 Å². The van der Waals surface area contributed by atoms with Gasteiger partial charge in [-0.25, -0.2) is 8.42 Å². The van der Waals surface area contributed by atoms with Crippen LogP contribution in [0.15, 0.2) is 89.8 Å². The summed E-state index contributed by atoms with van der Waals surface area (Å²) < 4.78 is 43.7. The first kappa shape index (κ1) is 24.5. The normalized spacial score (nSPS) is 10.8. The highest BCUT2D eigenvalue weighted by molar-refractivity contribution is 7.92. The van der Waals surface area contributed by atoms with E-state index in [4.69, 9.17) is 14.2 Å². The zero-order chi connectivity index (χ0) is 25.5. The van der Waals surface area contributed by atoms with E-state index in [0.29, 0.717) is 22.7 Å². The second-order valence-electron chi connectivity index (χ2n) is 7.31. The Hall–Kier alpha value is -4.64. The number of para-hydroxylation sites is 1. The molecule has 0 atom stereocenters. The van der Waals surface area contributed by atoms with E-state index in [-0.39, 0.29) is 28.5 Å². The van der Waals surface area contributed by atoms with Crippen LogP contribution in [0.5, 0.6) is 23.4 Å². The molecule has 0 spiro atoms. The van der Waals surface area contributed by atoms with E-state index in [1.165, 1.54) is 44.6 Å². The van der Waals surface area contributed by atoms with Crippen molar-refractivity contribution in [3.8, 4) is 23.4 Å². The van der Waals surface area contributed by atoms with Gasteiger partial charge in [-0.1, -0.05) is 24.3 Å². The Morgan fingerprint density at radius 1 is 0.806 bits per heavy atom. The fourth-order valence-corrected chi connectivity index (χ4v) is 4.09. The van der Waals surface area contributed by atoms with Crippen molar-refractivity contribution in [3.63, 3.8) is 0 Å². The molecule has 36 heavy (non-hydrogen) atoms. The maximum absolute atomic E-state index is 12.8. The lowest BCUT2D eigenvalue weighted by Gasteiger charge is -2.11. The van der Waals surface area contributed by atoms with Crippen LogP contribution in [0, 0.1) is 0 Å². The van der Waals surface area contributed by atoms with Crippen molar-refractivity contribution in [2.24, 2.45) is 0 Å². The predicted octanol–water partition coefficient (Wildman–Crippen LogP) is 4.34. The van der Waals surface area contributed by atoms with Gasteiger partial charge in [0.15, 0.2) is 5.82 Å². The lowest BCUT2D eigenvalue weighted by Crippen LogP contribution is -2.15. The third-order valence-electron chi connectivity index (χ3n) is 4.81. The highest BCUT2D eigenvalue weighted by Gasteiger charge is 2.17. The van der Waals surface area contributed by atoms with Gasteiger partial charge in [-0.05, 0) is 54.6 Å². The molecule has 0 aliphatic rings. The third-order valence-corrected chi connectivity index (χ3v) is 6.18. The van der Waals surface area contributed by atoms with E-state index >= 15 is 0 Å². The maximum Gasteiger partial charge on any atom is 0.321 e. The Kier molecular flexibility index (Phi) is 7.31. The molecule has 0 radical (unpaired) electrons. The summed E-state index contributed by atoms with van der Waals surface area (Å²) in [5.74, 6) is 0.908. The van der Waals surface area contributed by atoms with Gasteiger partial charge in [-0.3, -0.25) is 9.52 Å². The molecule has 1 amide bonds. The number of ether oxygens (including phenoxy) is 3. The molecule has 1 heterocycles. The number of carbonyl (C=O) groups excluding carboxylic acids is 1. The van der Waals surface area contributed by atoms with Crippen LogP contribution in [0.3, 0.4) is 0 Å². The summed E-state index contributed by atoms with van der Waals surface area (Å²) in [5, 5.41) is 2.74. The zero-order valence-corrected chi connectivity index (χ0v) is 20.2. The van der Waals surface area contributed by atoms with Crippen LogP contribution in [-0.2, 0) is 10.0 Å². The van der Waals surface area contributed by atoms with Gasteiger partial charge in [-0.15, -0.1) is 0 Å². The number of anilines is 2. The van der Waals surface area contributed by atoms with Crippen molar-refractivity contribution >= 4 is 27.4 Å². The minimum absolute atomic E-state index is 0.0197. The van der Waals surface area contributed by atoms with Crippen LogP contribution in [0.1, 0.15) is 10.4 Å². The molecule has 0 aliphatic carbocycles. The highest BCUT2D eigenvalue weighted by Crippen LogP contribution is 2.24. The summed E-state index contributed by atoms with van der Waals surface area (Å²) in [4.78, 5) is 20.6. The summed E-state index contributed by atoms with van der Waals surface area (Å²) in [6.07, 6.45) is 0. The van der Waals surface area contributed by atoms with Gasteiger partial charge in [0.1, 0.15) is 11.5 Å². The summed E-state index contributed by atoms with van der Waals surface area (Å²) in [7, 11) is -1.23.